The number of allylic oxidation sites excluding steroid dienone is 1. The van der Waals surface area contributed by atoms with Gasteiger partial charge in [-0.2, -0.15) is 0 Å². The fourth-order valence-electron chi connectivity index (χ4n) is 6.61. The number of piperazine rings is 1. The van der Waals surface area contributed by atoms with E-state index in [1.807, 2.05) is 15.5 Å². The Hall–Kier alpha value is -4.52. The van der Waals surface area contributed by atoms with Gasteiger partial charge in [0, 0.05) is 50.1 Å². The number of aryl methyl sites for hydroxylation is 1. The lowest BCUT2D eigenvalue weighted by Crippen LogP contribution is -2.51. The number of aromatic nitrogens is 3. The maximum absolute atomic E-state index is 13.6. The molecule has 1 fully saturated rings. The van der Waals surface area contributed by atoms with Gasteiger partial charge in [-0.15, -0.1) is 5.73 Å². The van der Waals surface area contributed by atoms with Gasteiger partial charge in [0.05, 0.1) is 18.8 Å². The summed E-state index contributed by atoms with van der Waals surface area (Å²) in [5.41, 5.74) is 11.2. The summed E-state index contributed by atoms with van der Waals surface area (Å²) >= 11 is 0. The van der Waals surface area contributed by atoms with Gasteiger partial charge in [0.2, 0.25) is 5.91 Å². The van der Waals surface area contributed by atoms with Crippen LogP contribution in [0.15, 0.2) is 96.2 Å². The smallest absolute Gasteiger partial charge is 0.242 e. The second-order valence-corrected chi connectivity index (χ2v) is 11.2. The zero-order chi connectivity index (χ0) is 28.6. The number of carbonyl (C=O) groups is 1. The molecule has 1 amide bonds. The molecule has 0 spiro atoms. The van der Waals surface area contributed by atoms with Gasteiger partial charge in [0.1, 0.15) is 17.3 Å². The zero-order valence-corrected chi connectivity index (χ0v) is 23.6. The monoisotopic (exact) mass is 560 g/mol. The normalized spacial score (nSPS) is 20.4. The number of imidazole rings is 1. The van der Waals surface area contributed by atoms with Gasteiger partial charge in [-0.05, 0) is 66.0 Å². The number of nitrogens with zero attached hydrogens (tertiary/aromatic N) is 5. The van der Waals surface area contributed by atoms with Crippen LogP contribution in [-0.2, 0) is 11.2 Å². The standard InChI is InChI=1S/C34H33FN6O/c1-23-5-4-8-29-27(23)14-11-24-6-2-3-7-28(24)33(29)40-19-17-39(18-20-40)31(42)22-37-34-32(25-9-12-26(35)13-10-25)38-30-21-36-15-16-41(30)34/h2-3,5-10,12-13,15-16,21,23,33,37H,11,14,17-20,22H2,1H3. The molecule has 3 heterocycles. The van der Waals surface area contributed by atoms with Crippen molar-refractivity contribution in [3.63, 3.8) is 0 Å². The van der Waals surface area contributed by atoms with E-state index in [9.17, 15) is 9.18 Å². The van der Waals surface area contributed by atoms with Crippen LogP contribution < -0.4 is 5.32 Å². The number of nitrogens with one attached hydrogen (secondary N) is 1. The van der Waals surface area contributed by atoms with Crippen molar-refractivity contribution in [3.8, 4) is 11.3 Å². The molecule has 0 saturated carbocycles. The van der Waals surface area contributed by atoms with Crippen LogP contribution in [0.4, 0.5) is 10.2 Å². The third-order valence-corrected chi connectivity index (χ3v) is 8.80. The number of anilines is 1. The lowest BCUT2D eigenvalue weighted by Gasteiger charge is -2.41. The lowest BCUT2D eigenvalue weighted by molar-refractivity contribution is -0.131. The first-order valence-corrected chi connectivity index (χ1v) is 14.6. The largest absolute Gasteiger partial charge is 0.360 e. The molecule has 2 aliphatic carbocycles. The molecule has 42 heavy (non-hydrogen) atoms. The first kappa shape index (κ1) is 26.4. The van der Waals surface area contributed by atoms with E-state index in [0.717, 1.165) is 31.5 Å². The predicted octanol–water partition coefficient (Wildman–Crippen LogP) is 5.44. The van der Waals surface area contributed by atoms with Crippen molar-refractivity contribution in [2.24, 2.45) is 5.92 Å². The first-order chi connectivity index (χ1) is 20.6. The van der Waals surface area contributed by atoms with E-state index < -0.39 is 0 Å². The zero-order valence-electron chi connectivity index (χ0n) is 23.6. The minimum Gasteiger partial charge on any atom is -0.360 e. The van der Waals surface area contributed by atoms with Gasteiger partial charge in [-0.3, -0.25) is 19.1 Å². The summed E-state index contributed by atoms with van der Waals surface area (Å²) in [7, 11) is 0. The Balaban J connectivity index is 1.08. The molecule has 3 aliphatic rings. The summed E-state index contributed by atoms with van der Waals surface area (Å²) in [6.45, 7) is 5.34. The molecule has 1 saturated heterocycles. The molecule has 8 heteroatoms. The van der Waals surface area contributed by atoms with E-state index in [2.05, 4.69) is 64.3 Å². The molecule has 1 aliphatic heterocycles. The van der Waals surface area contributed by atoms with E-state index in [1.54, 1.807) is 24.5 Å². The van der Waals surface area contributed by atoms with Crippen molar-refractivity contribution in [3.05, 3.63) is 113 Å². The van der Waals surface area contributed by atoms with E-state index in [-0.39, 0.29) is 24.3 Å². The van der Waals surface area contributed by atoms with E-state index in [0.29, 0.717) is 36.2 Å². The molecule has 0 bridgehead atoms. The summed E-state index contributed by atoms with van der Waals surface area (Å²) < 4.78 is 15.5. The van der Waals surface area contributed by atoms with Crippen LogP contribution in [-0.4, -0.2) is 62.8 Å². The molecule has 2 atom stereocenters. The third-order valence-electron chi connectivity index (χ3n) is 8.80. The van der Waals surface area contributed by atoms with E-state index >= 15 is 0 Å². The van der Waals surface area contributed by atoms with Crippen LogP contribution in [0.25, 0.3) is 16.9 Å². The van der Waals surface area contributed by atoms with Gasteiger partial charge in [0.15, 0.2) is 5.65 Å². The molecular formula is C34H33FN6O. The van der Waals surface area contributed by atoms with E-state index in [4.69, 9.17) is 4.98 Å². The van der Waals surface area contributed by atoms with Gasteiger partial charge in [-0.25, -0.2) is 9.37 Å². The topological polar surface area (TPSA) is 65.8 Å². The fourth-order valence-corrected chi connectivity index (χ4v) is 6.61. The Labute approximate surface area is 244 Å². The van der Waals surface area contributed by atoms with Crippen molar-refractivity contribution >= 4 is 17.4 Å². The summed E-state index contributed by atoms with van der Waals surface area (Å²) in [6.07, 6.45) is 11.7. The number of halogens is 1. The summed E-state index contributed by atoms with van der Waals surface area (Å²) in [4.78, 5) is 26.8. The quantitative estimate of drug-likeness (QED) is 0.330. The highest BCUT2D eigenvalue weighted by molar-refractivity contribution is 5.84. The number of fused-ring (bicyclic) bond motifs is 2. The maximum atomic E-state index is 13.6. The van der Waals surface area contributed by atoms with Gasteiger partial charge in [0.25, 0.3) is 0 Å². The molecular weight excluding hydrogens is 527 g/mol. The van der Waals surface area contributed by atoms with Crippen LogP contribution in [0.2, 0.25) is 0 Å². The molecule has 2 aromatic carbocycles. The van der Waals surface area contributed by atoms with E-state index in [1.165, 1.54) is 34.4 Å². The van der Waals surface area contributed by atoms with Gasteiger partial charge in [-0.1, -0.05) is 36.8 Å². The fraction of sp³-hybridized carbons (Fsp3) is 0.294. The Kier molecular flexibility index (Phi) is 6.94. The Morgan fingerprint density at radius 3 is 2.71 bits per heavy atom. The molecule has 7 nitrogen and oxygen atoms in total. The van der Waals surface area contributed by atoms with Crippen molar-refractivity contribution < 1.29 is 9.18 Å². The number of hydrogen-bond acceptors (Lipinski definition) is 5. The number of amides is 1. The Bertz CT molecular complexity index is 1740. The maximum Gasteiger partial charge on any atom is 0.242 e. The van der Waals surface area contributed by atoms with Crippen molar-refractivity contribution in [1.29, 1.82) is 0 Å². The van der Waals surface area contributed by atoms with Crippen molar-refractivity contribution in [2.45, 2.75) is 25.8 Å². The van der Waals surface area contributed by atoms with Crippen LogP contribution in [0.1, 0.15) is 30.5 Å². The highest BCUT2D eigenvalue weighted by Gasteiger charge is 2.34. The lowest BCUT2D eigenvalue weighted by atomic mass is 9.85. The van der Waals surface area contributed by atoms with Crippen LogP contribution in [0.5, 0.6) is 0 Å². The summed E-state index contributed by atoms with van der Waals surface area (Å²) in [5.74, 6) is 0.815. The molecule has 0 radical (unpaired) electrons. The van der Waals surface area contributed by atoms with Gasteiger partial charge >= 0.3 is 0 Å². The van der Waals surface area contributed by atoms with Crippen LogP contribution >= 0.6 is 0 Å². The first-order valence-electron chi connectivity index (χ1n) is 14.6. The van der Waals surface area contributed by atoms with Crippen molar-refractivity contribution in [1.82, 2.24) is 24.2 Å². The highest BCUT2D eigenvalue weighted by Crippen LogP contribution is 2.42. The second-order valence-electron chi connectivity index (χ2n) is 11.2. The molecule has 212 valence electrons. The Morgan fingerprint density at radius 2 is 1.88 bits per heavy atom. The van der Waals surface area contributed by atoms with Gasteiger partial charge < -0.3 is 10.2 Å². The number of hydrogen-bond donors (Lipinski definition) is 1. The van der Waals surface area contributed by atoms with Crippen LogP contribution in [0.3, 0.4) is 0 Å². The third kappa shape index (κ3) is 4.83. The van der Waals surface area contributed by atoms with Crippen molar-refractivity contribution in [2.75, 3.05) is 38.0 Å². The van der Waals surface area contributed by atoms with Crippen LogP contribution in [0, 0.1) is 11.7 Å². The molecule has 2 aromatic heterocycles. The summed E-state index contributed by atoms with van der Waals surface area (Å²) in [6, 6.07) is 15.2. The highest BCUT2D eigenvalue weighted by atomic mass is 19.1. The number of benzene rings is 2. The average Bonchev–Trinajstić information content (AvgIpc) is 3.30. The molecule has 4 aromatic rings. The number of rotatable bonds is 5. The average molecular weight is 561 g/mol. The molecule has 1 N–H and O–H groups in total. The SMILES string of the molecule is CC1C=C=CC2=C1CCc1ccccc1C2N1CCN(C(=O)CNc2c(-c3ccc(F)cc3)nc3cnccn23)CC1. The molecule has 7 rings (SSSR count). The Morgan fingerprint density at radius 1 is 1.07 bits per heavy atom. The summed E-state index contributed by atoms with van der Waals surface area (Å²) in [5, 5.41) is 3.33. The second kappa shape index (κ2) is 11.0. The molecule has 2 unspecified atom stereocenters. The number of carbonyl (C=O) groups excluding carboxylic acids is 1. The predicted molar refractivity (Wildman–Crippen MR) is 161 cm³/mol. The minimum atomic E-state index is -0.307. The minimum absolute atomic E-state index is 0.0407.